The fraction of sp³-hybridized carbons (Fsp3) is 0. The molecule has 0 amide bonds. The monoisotopic (exact) mass is 224 g/mol. The molecular formula is C10H8O6. The zero-order chi connectivity index (χ0) is 12.0. The Labute approximate surface area is 88.9 Å². The highest BCUT2D eigenvalue weighted by molar-refractivity contribution is 5.99. The second kappa shape index (κ2) is 2.99. The van der Waals surface area contributed by atoms with Crippen LogP contribution in [0.15, 0.2) is 12.1 Å². The van der Waals surface area contributed by atoms with Crippen LogP contribution in [0.2, 0.25) is 0 Å². The lowest BCUT2D eigenvalue weighted by atomic mass is 10.1. The molecule has 0 unspecified atom stereocenters. The van der Waals surface area contributed by atoms with Crippen molar-refractivity contribution in [2.75, 3.05) is 0 Å². The van der Waals surface area contributed by atoms with Gasteiger partial charge in [-0.2, -0.15) is 0 Å². The van der Waals surface area contributed by atoms with Crippen LogP contribution in [0.4, 0.5) is 0 Å². The van der Waals surface area contributed by atoms with Gasteiger partial charge in [-0.15, -0.1) is 0 Å². The molecule has 16 heavy (non-hydrogen) atoms. The molecule has 2 aromatic rings. The van der Waals surface area contributed by atoms with Gasteiger partial charge in [-0.3, -0.25) is 0 Å². The molecule has 6 N–H and O–H groups in total. The van der Waals surface area contributed by atoms with Crippen LogP contribution in [0.25, 0.3) is 10.8 Å². The fourth-order valence-corrected chi connectivity index (χ4v) is 1.45. The molecule has 0 aliphatic heterocycles. The van der Waals surface area contributed by atoms with E-state index in [-0.39, 0.29) is 10.8 Å². The maximum Gasteiger partial charge on any atom is 0.204 e. The van der Waals surface area contributed by atoms with Crippen molar-refractivity contribution in [3.05, 3.63) is 12.1 Å². The molecule has 0 spiro atoms. The highest BCUT2D eigenvalue weighted by Gasteiger charge is 2.19. The number of phenolic OH excluding ortho intramolecular Hbond substituents is 6. The van der Waals surface area contributed by atoms with Crippen LogP contribution < -0.4 is 0 Å². The Kier molecular flexibility index (Phi) is 1.88. The molecule has 2 aromatic carbocycles. The predicted octanol–water partition coefficient (Wildman–Crippen LogP) is 1.07. The summed E-state index contributed by atoms with van der Waals surface area (Å²) in [6, 6.07) is 1.91. The molecule has 0 saturated carbocycles. The second-order valence-electron chi connectivity index (χ2n) is 3.28. The summed E-state index contributed by atoms with van der Waals surface area (Å²) in [6.45, 7) is 0. The highest BCUT2D eigenvalue weighted by Crippen LogP contribution is 2.50. The first kappa shape index (κ1) is 10.0. The molecule has 0 aromatic heterocycles. The lowest BCUT2D eigenvalue weighted by Crippen LogP contribution is -1.80. The molecule has 6 nitrogen and oxygen atoms in total. The summed E-state index contributed by atoms with van der Waals surface area (Å²) < 4.78 is 0. The van der Waals surface area contributed by atoms with E-state index >= 15 is 0 Å². The van der Waals surface area contributed by atoms with Gasteiger partial charge < -0.3 is 30.6 Å². The van der Waals surface area contributed by atoms with E-state index in [9.17, 15) is 30.6 Å². The first-order valence-corrected chi connectivity index (χ1v) is 4.25. The van der Waals surface area contributed by atoms with Crippen LogP contribution in [0.1, 0.15) is 0 Å². The molecular weight excluding hydrogens is 216 g/mol. The summed E-state index contributed by atoms with van der Waals surface area (Å²) >= 11 is 0. The average molecular weight is 224 g/mol. The van der Waals surface area contributed by atoms with Crippen molar-refractivity contribution in [1.82, 2.24) is 0 Å². The van der Waals surface area contributed by atoms with Gasteiger partial charge in [0.2, 0.25) is 11.5 Å². The van der Waals surface area contributed by atoms with Gasteiger partial charge in [0.05, 0.1) is 0 Å². The number of hydrogen-bond acceptors (Lipinski definition) is 6. The van der Waals surface area contributed by atoms with E-state index in [1.54, 1.807) is 0 Å². The minimum Gasteiger partial charge on any atom is -0.504 e. The molecule has 0 saturated heterocycles. The Bertz CT molecular complexity index is 537. The van der Waals surface area contributed by atoms with Gasteiger partial charge in [0.15, 0.2) is 23.0 Å². The Morgan fingerprint density at radius 2 is 0.812 bits per heavy atom. The van der Waals surface area contributed by atoms with E-state index in [1.807, 2.05) is 0 Å². The molecule has 0 heterocycles. The Hall–Kier alpha value is -2.50. The zero-order valence-electron chi connectivity index (χ0n) is 7.84. The summed E-state index contributed by atoms with van der Waals surface area (Å²) in [5.41, 5.74) is 0. The standard InChI is InChI=1S/C10H8O6/c11-5-1-3-4(2-6(5)12)8(14)10(16)9(15)7(3)13/h1-2,11-16H. The summed E-state index contributed by atoms with van der Waals surface area (Å²) in [5, 5.41) is 55.6. The van der Waals surface area contributed by atoms with E-state index in [0.29, 0.717) is 0 Å². The van der Waals surface area contributed by atoms with Crippen molar-refractivity contribution in [2.45, 2.75) is 0 Å². The normalized spacial score (nSPS) is 10.8. The average Bonchev–Trinajstić information content (AvgIpc) is 2.26. The van der Waals surface area contributed by atoms with Crippen LogP contribution in [-0.2, 0) is 0 Å². The number of aromatic hydroxyl groups is 6. The van der Waals surface area contributed by atoms with Gasteiger partial charge in [-0.25, -0.2) is 0 Å². The fourth-order valence-electron chi connectivity index (χ4n) is 1.45. The highest BCUT2D eigenvalue weighted by atomic mass is 16.3. The second-order valence-corrected chi connectivity index (χ2v) is 3.28. The molecule has 2 rings (SSSR count). The van der Waals surface area contributed by atoms with Gasteiger partial charge in [-0.1, -0.05) is 0 Å². The maximum absolute atomic E-state index is 9.46. The number of phenols is 6. The summed E-state index contributed by atoms with van der Waals surface area (Å²) in [4.78, 5) is 0. The topological polar surface area (TPSA) is 121 Å². The minimum absolute atomic E-state index is 0.0944. The van der Waals surface area contributed by atoms with Crippen molar-refractivity contribution in [1.29, 1.82) is 0 Å². The third-order valence-corrected chi connectivity index (χ3v) is 2.30. The van der Waals surface area contributed by atoms with Crippen molar-refractivity contribution in [3.8, 4) is 34.5 Å². The molecule has 84 valence electrons. The van der Waals surface area contributed by atoms with E-state index in [4.69, 9.17) is 0 Å². The van der Waals surface area contributed by atoms with Crippen LogP contribution in [0, 0.1) is 0 Å². The SMILES string of the molecule is Oc1cc2c(O)c(O)c(O)c(O)c2cc1O. The smallest absolute Gasteiger partial charge is 0.204 e. The third kappa shape index (κ3) is 1.13. The molecule has 0 radical (unpaired) electrons. The van der Waals surface area contributed by atoms with Gasteiger partial charge in [0, 0.05) is 10.8 Å². The van der Waals surface area contributed by atoms with Crippen LogP contribution in [0.5, 0.6) is 34.5 Å². The first-order chi connectivity index (χ1) is 7.43. The number of fused-ring (bicyclic) bond motifs is 1. The van der Waals surface area contributed by atoms with Crippen LogP contribution in [-0.4, -0.2) is 30.6 Å². The van der Waals surface area contributed by atoms with Crippen molar-refractivity contribution >= 4 is 10.8 Å². The van der Waals surface area contributed by atoms with E-state index in [1.165, 1.54) is 0 Å². The lowest BCUT2D eigenvalue weighted by molar-refractivity contribution is 0.350. The summed E-state index contributed by atoms with van der Waals surface area (Å²) in [6.07, 6.45) is 0. The summed E-state index contributed by atoms with van der Waals surface area (Å²) in [5.74, 6) is -4.22. The van der Waals surface area contributed by atoms with E-state index in [2.05, 4.69) is 0 Å². The molecule has 6 heteroatoms. The van der Waals surface area contributed by atoms with Gasteiger partial charge >= 0.3 is 0 Å². The largest absolute Gasteiger partial charge is 0.504 e. The zero-order valence-corrected chi connectivity index (χ0v) is 7.84. The minimum atomic E-state index is -0.893. The van der Waals surface area contributed by atoms with Crippen molar-refractivity contribution in [2.24, 2.45) is 0 Å². The van der Waals surface area contributed by atoms with Gasteiger partial charge in [0.1, 0.15) is 0 Å². The number of benzene rings is 2. The Morgan fingerprint density at radius 1 is 0.500 bits per heavy atom. The van der Waals surface area contributed by atoms with Crippen LogP contribution >= 0.6 is 0 Å². The Balaban J connectivity index is 3.02. The summed E-state index contributed by atoms with van der Waals surface area (Å²) in [7, 11) is 0. The van der Waals surface area contributed by atoms with Gasteiger partial charge in [-0.05, 0) is 12.1 Å². The Morgan fingerprint density at radius 3 is 1.12 bits per heavy atom. The van der Waals surface area contributed by atoms with Gasteiger partial charge in [0.25, 0.3) is 0 Å². The molecule has 0 fully saturated rings. The number of rotatable bonds is 0. The molecule has 0 aliphatic rings. The predicted molar refractivity (Wildman–Crippen MR) is 53.9 cm³/mol. The van der Waals surface area contributed by atoms with E-state index < -0.39 is 34.5 Å². The van der Waals surface area contributed by atoms with E-state index in [0.717, 1.165) is 12.1 Å². The maximum atomic E-state index is 9.46. The van der Waals surface area contributed by atoms with Crippen molar-refractivity contribution < 1.29 is 30.6 Å². The van der Waals surface area contributed by atoms with Crippen molar-refractivity contribution in [3.63, 3.8) is 0 Å². The quantitative estimate of drug-likeness (QED) is 0.294. The molecule has 0 atom stereocenters. The first-order valence-electron chi connectivity index (χ1n) is 4.25. The molecule has 0 bridgehead atoms. The lowest BCUT2D eigenvalue weighted by Gasteiger charge is -2.09. The molecule has 0 aliphatic carbocycles. The van der Waals surface area contributed by atoms with Crippen LogP contribution in [0.3, 0.4) is 0 Å². The number of hydrogen-bond donors (Lipinski definition) is 6. The third-order valence-electron chi connectivity index (χ3n) is 2.30.